The van der Waals surface area contributed by atoms with E-state index in [2.05, 4.69) is 0 Å². The number of non-ortho nitro benzene ring substituents is 1. The number of fused-ring (bicyclic) bond motifs is 1. The predicted molar refractivity (Wildman–Crippen MR) is 91.1 cm³/mol. The Morgan fingerprint density at radius 3 is 2.50 bits per heavy atom. The van der Waals surface area contributed by atoms with Gasteiger partial charge in [-0.2, -0.15) is 0 Å². The summed E-state index contributed by atoms with van der Waals surface area (Å²) < 4.78 is 10.8. The number of nitro benzene ring substituents is 1. The van der Waals surface area contributed by atoms with Gasteiger partial charge in [0.15, 0.2) is 5.43 Å². The molecule has 0 aliphatic rings. The van der Waals surface area contributed by atoms with Crippen molar-refractivity contribution in [3.63, 3.8) is 0 Å². The summed E-state index contributed by atoms with van der Waals surface area (Å²) >= 11 is 0. The Bertz CT molecular complexity index is 986. The molecule has 0 N–H and O–H groups in total. The van der Waals surface area contributed by atoms with Crippen molar-refractivity contribution in [1.82, 2.24) is 0 Å². The van der Waals surface area contributed by atoms with Crippen LogP contribution in [0.25, 0.3) is 23.1 Å². The zero-order valence-corrected chi connectivity index (χ0v) is 12.8. The first-order valence-electron chi connectivity index (χ1n) is 7.11. The molecule has 0 aliphatic carbocycles. The van der Waals surface area contributed by atoms with Crippen LogP contribution >= 0.6 is 0 Å². The molecule has 6 nitrogen and oxygen atoms in total. The Hall–Kier alpha value is -3.41. The Morgan fingerprint density at radius 1 is 1.08 bits per heavy atom. The fourth-order valence-electron chi connectivity index (χ4n) is 2.25. The second-order valence-corrected chi connectivity index (χ2v) is 5.06. The lowest BCUT2D eigenvalue weighted by atomic mass is 10.1. The molecule has 0 unspecified atom stereocenters. The first-order valence-corrected chi connectivity index (χ1v) is 7.11. The number of benzene rings is 2. The summed E-state index contributed by atoms with van der Waals surface area (Å²) in [5, 5.41) is 11.1. The summed E-state index contributed by atoms with van der Waals surface area (Å²) in [4.78, 5) is 22.3. The van der Waals surface area contributed by atoms with Crippen molar-refractivity contribution >= 4 is 28.8 Å². The van der Waals surface area contributed by atoms with Crippen LogP contribution in [-0.2, 0) is 0 Å². The Labute approximate surface area is 136 Å². The van der Waals surface area contributed by atoms with Gasteiger partial charge < -0.3 is 9.15 Å². The third-order valence-electron chi connectivity index (χ3n) is 3.50. The second-order valence-electron chi connectivity index (χ2n) is 5.06. The Kier molecular flexibility index (Phi) is 4.11. The maximum atomic E-state index is 12.2. The van der Waals surface area contributed by atoms with Gasteiger partial charge in [-0.05, 0) is 42.0 Å². The highest BCUT2D eigenvalue weighted by Gasteiger charge is 2.05. The van der Waals surface area contributed by atoms with Gasteiger partial charge in [0.25, 0.3) is 5.69 Å². The summed E-state index contributed by atoms with van der Waals surface area (Å²) in [6.45, 7) is 0. The third kappa shape index (κ3) is 3.17. The lowest BCUT2D eigenvalue weighted by Crippen LogP contribution is -2.00. The van der Waals surface area contributed by atoms with E-state index >= 15 is 0 Å². The minimum Gasteiger partial charge on any atom is -0.497 e. The van der Waals surface area contributed by atoms with E-state index in [-0.39, 0.29) is 11.1 Å². The SMILES string of the molecule is COc1ccc2oc(C=Cc3ccc([N+](=O)[O-])cc3)cc(=O)c2c1. The average molecular weight is 323 g/mol. The van der Waals surface area contributed by atoms with Crippen molar-refractivity contribution < 1.29 is 14.1 Å². The third-order valence-corrected chi connectivity index (χ3v) is 3.50. The van der Waals surface area contributed by atoms with Crippen molar-refractivity contribution in [2.45, 2.75) is 0 Å². The molecule has 0 bridgehead atoms. The number of nitro groups is 1. The highest BCUT2D eigenvalue weighted by Crippen LogP contribution is 2.20. The molecular weight excluding hydrogens is 310 g/mol. The van der Waals surface area contributed by atoms with E-state index < -0.39 is 4.92 Å². The highest BCUT2D eigenvalue weighted by atomic mass is 16.6. The van der Waals surface area contributed by atoms with Gasteiger partial charge in [-0.3, -0.25) is 14.9 Å². The molecule has 120 valence electrons. The number of methoxy groups -OCH3 is 1. The van der Waals surface area contributed by atoms with Crippen LogP contribution in [0.5, 0.6) is 5.75 Å². The van der Waals surface area contributed by atoms with Crippen LogP contribution in [-0.4, -0.2) is 12.0 Å². The Morgan fingerprint density at radius 2 is 1.83 bits per heavy atom. The molecule has 1 heterocycles. The zero-order valence-electron chi connectivity index (χ0n) is 12.8. The topological polar surface area (TPSA) is 82.6 Å². The molecule has 0 radical (unpaired) electrons. The molecule has 3 aromatic rings. The van der Waals surface area contributed by atoms with Gasteiger partial charge in [-0.15, -0.1) is 0 Å². The molecule has 0 fully saturated rings. The second kappa shape index (κ2) is 6.37. The van der Waals surface area contributed by atoms with Gasteiger partial charge in [0.1, 0.15) is 17.1 Å². The Balaban J connectivity index is 1.92. The molecule has 0 spiro atoms. The van der Waals surface area contributed by atoms with Crippen LogP contribution in [0.1, 0.15) is 11.3 Å². The van der Waals surface area contributed by atoms with Crippen molar-refractivity contribution in [2.24, 2.45) is 0 Å². The predicted octanol–water partition coefficient (Wildman–Crippen LogP) is 3.88. The molecule has 6 heteroatoms. The van der Waals surface area contributed by atoms with Crippen molar-refractivity contribution in [1.29, 1.82) is 0 Å². The van der Waals surface area contributed by atoms with E-state index in [4.69, 9.17) is 9.15 Å². The lowest BCUT2D eigenvalue weighted by Gasteiger charge is -2.02. The van der Waals surface area contributed by atoms with Crippen LogP contribution in [0.2, 0.25) is 0 Å². The highest BCUT2D eigenvalue weighted by molar-refractivity contribution is 5.79. The molecule has 0 atom stereocenters. The monoisotopic (exact) mass is 323 g/mol. The number of ether oxygens (including phenoxy) is 1. The van der Waals surface area contributed by atoms with Crippen LogP contribution in [0.15, 0.2) is 57.7 Å². The molecule has 1 aromatic heterocycles. The van der Waals surface area contributed by atoms with E-state index in [1.165, 1.54) is 25.3 Å². The first kappa shape index (κ1) is 15.5. The van der Waals surface area contributed by atoms with Gasteiger partial charge >= 0.3 is 0 Å². The van der Waals surface area contributed by atoms with Crippen molar-refractivity contribution in [3.8, 4) is 5.75 Å². The van der Waals surface area contributed by atoms with Gasteiger partial charge in [-0.25, -0.2) is 0 Å². The van der Waals surface area contributed by atoms with E-state index in [9.17, 15) is 14.9 Å². The molecule has 24 heavy (non-hydrogen) atoms. The van der Waals surface area contributed by atoms with Gasteiger partial charge in [0.2, 0.25) is 0 Å². The van der Waals surface area contributed by atoms with Crippen molar-refractivity contribution in [2.75, 3.05) is 7.11 Å². The average Bonchev–Trinajstić information content (AvgIpc) is 2.60. The normalized spacial score (nSPS) is 11.0. The van der Waals surface area contributed by atoms with Gasteiger partial charge in [-0.1, -0.05) is 6.08 Å². The van der Waals surface area contributed by atoms with Crippen LogP contribution < -0.4 is 10.2 Å². The maximum absolute atomic E-state index is 12.2. The molecule has 0 amide bonds. The van der Waals surface area contributed by atoms with Crippen LogP contribution in [0.3, 0.4) is 0 Å². The first-order chi connectivity index (χ1) is 11.6. The summed E-state index contributed by atoms with van der Waals surface area (Å²) in [7, 11) is 1.53. The minimum atomic E-state index is -0.454. The van der Waals surface area contributed by atoms with E-state index in [1.807, 2.05) is 0 Å². The largest absolute Gasteiger partial charge is 0.497 e. The number of rotatable bonds is 4. The van der Waals surface area contributed by atoms with E-state index in [0.717, 1.165) is 5.56 Å². The summed E-state index contributed by atoms with van der Waals surface area (Å²) in [5.74, 6) is 0.986. The van der Waals surface area contributed by atoms with Crippen LogP contribution in [0.4, 0.5) is 5.69 Å². The molecular formula is C18H13NO5. The number of hydrogen-bond acceptors (Lipinski definition) is 5. The summed E-state index contributed by atoms with van der Waals surface area (Å²) in [6.07, 6.45) is 3.36. The molecule has 0 saturated carbocycles. The fraction of sp³-hybridized carbons (Fsp3) is 0.0556. The van der Waals surface area contributed by atoms with Crippen molar-refractivity contribution in [3.05, 3.63) is 80.2 Å². The molecule has 0 aliphatic heterocycles. The molecule has 3 rings (SSSR count). The van der Waals surface area contributed by atoms with Crippen LogP contribution in [0, 0.1) is 10.1 Å². The standard InChI is InChI=1S/C18H13NO5/c1-23-14-8-9-18-16(10-14)17(20)11-15(24-18)7-4-12-2-5-13(6-3-12)19(21)22/h2-11H,1H3. The smallest absolute Gasteiger partial charge is 0.269 e. The quantitative estimate of drug-likeness (QED) is 0.537. The molecule has 0 saturated heterocycles. The number of nitrogens with zero attached hydrogens (tertiary/aromatic N) is 1. The lowest BCUT2D eigenvalue weighted by molar-refractivity contribution is -0.384. The van der Waals surface area contributed by atoms with Gasteiger partial charge in [0.05, 0.1) is 17.4 Å². The van der Waals surface area contributed by atoms with Gasteiger partial charge in [0, 0.05) is 18.2 Å². The maximum Gasteiger partial charge on any atom is 0.269 e. The summed E-state index contributed by atoms with van der Waals surface area (Å²) in [5.41, 5.74) is 1.08. The van der Waals surface area contributed by atoms with E-state index in [0.29, 0.717) is 22.5 Å². The van der Waals surface area contributed by atoms with E-state index in [1.54, 1.807) is 42.5 Å². The molecule has 2 aromatic carbocycles. The number of hydrogen-bond donors (Lipinski definition) is 0. The summed E-state index contributed by atoms with van der Waals surface area (Å²) in [6, 6.07) is 12.5. The minimum absolute atomic E-state index is 0.0262. The fourth-order valence-corrected chi connectivity index (χ4v) is 2.25. The zero-order chi connectivity index (χ0) is 17.1.